The third-order valence-electron chi connectivity index (χ3n) is 2.99. The van der Waals surface area contributed by atoms with Gasteiger partial charge in [-0.1, -0.05) is 77.6 Å². The highest BCUT2D eigenvalue weighted by molar-refractivity contribution is 9.10. The van der Waals surface area contributed by atoms with Crippen molar-refractivity contribution in [3.05, 3.63) is 67.6 Å². The molecule has 2 aromatic carbocycles. The van der Waals surface area contributed by atoms with Gasteiger partial charge in [0.25, 0.3) is 0 Å². The molecule has 1 unspecified atom stereocenters. The van der Waals surface area contributed by atoms with E-state index < -0.39 is 0 Å². The van der Waals surface area contributed by atoms with Gasteiger partial charge in [-0.15, -0.1) is 0 Å². The molecule has 2 aromatic rings. The van der Waals surface area contributed by atoms with Crippen LogP contribution in [-0.4, -0.2) is 5.33 Å². The predicted molar refractivity (Wildman–Crippen MR) is 93.5 cm³/mol. The molecule has 1 atom stereocenters. The molecule has 0 aliphatic heterocycles. The molecule has 0 aromatic heterocycles. The number of hydrogen-bond donors (Lipinski definition) is 0. The number of benzene rings is 2. The summed E-state index contributed by atoms with van der Waals surface area (Å²) in [5.74, 6) is 0.413. The zero-order valence-corrected chi connectivity index (χ0v) is 15.6. The molecule has 0 radical (unpaired) electrons. The summed E-state index contributed by atoms with van der Waals surface area (Å²) in [4.78, 5) is 0. The van der Waals surface area contributed by atoms with Gasteiger partial charge in [-0.3, -0.25) is 0 Å². The van der Waals surface area contributed by atoms with Crippen LogP contribution in [0.3, 0.4) is 0 Å². The highest BCUT2D eigenvalue weighted by atomic mass is 79.9. The number of rotatable bonds is 4. The molecule has 0 aliphatic carbocycles. The highest BCUT2D eigenvalue weighted by Crippen LogP contribution is 2.29. The fraction of sp³-hybridized carbons (Fsp3) is 0.200. The van der Waals surface area contributed by atoms with Gasteiger partial charge in [-0.05, 0) is 47.7 Å². The van der Waals surface area contributed by atoms with Gasteiger partial charge < -0.3 is 0 Å². The second-order valence-corrected chi connectivity index (χ2v) is 7.23. The Morgan fingerprint density at radius 2 is 1.74 bits per heavy atom. The molecular formula is C15H12Br3Cl. The van der Waals surface area contributed by atoms with E-state index in [1.165, 1.54) is 11.1 Å². The lowest BCUT2D eigenvalue weighted by molar-refractivity contribution is 0.775. The molecule has 0 fully saturated rings. The lowest BCUT2D eigenvalue weighted by Crippen LogP contribution is -2.05. The molecule has 4 heteroatoms. The van der Waals surface area contributed by atoms with Crippen LogP contribution in [0, 0.1) is 0 Å². The summed E-state index contributed by atoms with van der Waals surface area (Å²) in [6, 6.07) is 14.5. The first kappa shape index (κ1) is 15.6. The Hall–Kier alpha value is 0.170. The van der Waals surface area contributed by atoms with Crippen molar-refractivity contribution >= 4 is 59.4 Å². The summed E-state index contributed by atoms with van der Waals surface area (Å²) in [5, 5.41) is 1.73. The fourth-order valence-corrected chi connectivity index (χ4v) is 3.74. The molecule has 0 bridgehead atoms. The van der Waals surface area contributed by atoms with Crippen LogP contribution in [0.4, 0.5) is 0 Å². The molecule has 0 N–H and O–H groups in total. The van der Waals surface area contributed by atoms with E-state index in [1.807, 2.05) is 18.2 Å². The molecule has 100 valence electrons. The van der Waals surface area contributed by atoms with Crippen molar-refractivity contribution in [1.29, 1.82) is 0 Å². The summed E-state index contributed by atoms with van der Waals surface area (Å²) >= 11 is 16.9. The molecule has 0 saturated carbocycles. The first-order valence-corrected chi connectivity index (χ1v) is 8.94. The summed E-state index contributed by atoms with van der Waals surface area (Å²) < 4.78 is 2.12. The second-order valence-electron chi connectivity index (χ2n) is 4.35. The van der Waals surface area contributed by atoms with Gasteiger partial charge in [-0.25, -0.2) is 0 Å². The molecule has 0 spiro atoms. The van der Waals surface area contributed by atoms with E-state index in [2.05, 4.69) is 72.1 Å². The maximum atomic E-state index is 6.29. The molecule has 0 amide bonds. The third-order valence-corrected chi connectivity index (χ3v) is 5.11. The average Bonchev–Trinajstić information content (AvgIpc) is 2.38. The summed E-state index contributed by atoms with van der Waals surface area (Å²) in [5.41, 5.74) is 2.49. The smallest absolute Gasteiger partial charge is 0.0449 e. The minimum Gasteiger partial charge on any atom is -0.0921 e. The van der Waals surface area contributed by atoms with Gasteiger partial charge in [0, 0.05) is 19.3 Å². The first-order chi connectivity index (χ1) is 9.10. The van der Waals surface area contributed by atoms with Crippen molar-refractivity contribution in [2.45, 2.75) is 12.3 Å². The van der Waals surface area contributed by atoms with Crippen molar-refractivity contribution in [3.63, 3.8) is 0 Å². The SMILES string of the molecule is Clc1cc(Br)ccc1CC(CBr)c1cccc(Br)c1. The largest absolute Gasteiger partial charge is 0.0921 e. The number of halogens is 4. The minimum absolute atomic E-state index is 0.413. The normalized spacial score (nSPS) is 12.4. The van der Waals surface area contributed by atoms with Crippen molar-refractivity contribution in [1.82, 2.24) is 0 Å². The Labute approximate surface area is 143 Å². The summed E-state index contributed by atoms with van der Waals surface area (Å²) in [7, 11) is 0. The van der Waals surface area contributed by atoms with Crippen molar-refractivity contribution in [3.8, 4) is 0 Å². The molecule has 0 saturated heterocycles. The van der Waals surface area contributed by atoms with Gasteiger partial charge in [0.2, 0.25) is 0 Å². The van der Waals surface area contributed by atoms with E-state index in [0.29, 0.717) is 5.92 Å². The van der Waals surface area contributed by atoms with Gasteiger partial charge in [-0.2, -0.15) is 0 Å². The first-order valence-electron chi connectivity index (χ1n) is 5.85. The second kappa shape index (κ2) is 7.26. The van der Waals surface area contributed by atoms with E-state index in [0.717, 1.165) is 25.7 Å². The van der Waals surface area contributed by atoms with Crippen LogP contribution in [0.5, 0.6) is 0 Å². The van der Waals surface area contributed by atoms with Crippen LogP contribution in [-0.2, 0) is 6.42 Å². The molecule has 2 rings (SSSR count). The Kier molecular flexibility index (Phi) is 5.94. The van der Waals surface area contributed by atoms with E-state index >= 15 is 0 Å². The van der Waals surface area contributed by atoms with E-state index in [9.17, 15) is 0 Å². The summed E-state index contributed by atoms with van der Waals surface area (Å²) in [6.07, 6.45) is 0.924. The van der Waals surface area contributed by atoms with Crippen LogP contribution in [0.15, 0.2) is 51.4 Å². The minimum atomic E-state index is 0.413. The van der Waals surface area contributed by atoms with Gasteiger partial charge in [0.05, 0.1) is 0 Å². The Morgan fingerprint density at radius 3 is 2.37 bits per heavy atom. The number of hydrogen-bond acceptors (Lipinski definition) is 0. The van der Waals surface area contributed by atoms with E-state index in [4.69, 9.17) is 11.6 Å². The Bertz CT molecular complexity index is 569. The average molecular weight is 467 g/mol. The van der Waals surface area contributed by atoms with Gasteiger partial charge >= 0.3 is 0 Å². The number of alkyl halides is 1. The maximum absolute atomic E-state index is 6.29. The van der Waals surface area contributed by atoms with Crippen molar-refractivity contribution in [2.75, 3.05) is 5.33 Å². The van der Waals surface area contributed by atoms with E-state index in [1.54, 1.807) is 0 Å². The standard InChI is InChI=1S/C15H12Br3Cl/c16-9-12(10-2-1-3-13(17)7-10)6-11-4-5-14(18)8-15(11)19/h1-5,7-8,12H,6,9H2. The van der Waals surface area contributed by atoms with Gasteiger partial charge in [0.15, 0.2) is 0 Å². The maximum Gasteiger partial charge on any atom is 0.0449 e. The topological polar surface area (TPSA) is 0 Å². The van der Waals surface area contributed by atoms with Crippen LogP contribution in [0.2, 0.25) is 5.02 Å². The molecule has 0 nitrogen and oxygen atoms in total. The van der Waals surface area contributed by atoms with Crippen molar-refractivity contribution < 1.29 is 0 Å². The monoisotopic (exact) mass is 464 g/mol. The fourth-order valence-electron chi connectivity index (χ4n) is 1.97. The Balaban J connectivity index is 2.24. The van der Waals surface area contributed by atoms with Gasteiger partial charge in [0.1, 0.15) is 0 Å². The highest BCUT2D eigenvalue weighted by Gasteiger charge is 2.13. The quantitative estimate of drug-likeness (QED) is 0.446. The van der Waals surface area contributed by atoms with Crippen molar-refractivity contribution in [2.24, 2.45) is 0 Å². The third kappa shape index (κ3) is 4.32. The van der Waals surface area contributed by atoms with Crippen LogP contribution in [0.1, 0.15) is 17.0 Å². The predicted octanol–water partition coefficient (Wildman–Crippen LogP) is 6.59. The molecule has 0 aliphatic rings. The molecule has 0 heterocycles. The lowest BCUT2D eigenvalue weighted by atomic mass is 9.94. The zero-order chi connectivity index (χ0) is 13.8. The van der Waals surface area contributed by atoms with Crippen LogP contribution >= 0.6 is 59.4 Å². The lowest BCUT2D eigenvalue weighted by Gasteiger charge is -2.16. The summed E-state index contributed by atoms with van der Waals surface area (Å²) in [6.45, 7) is 0. The van der Waals surface area contributed by atoms with Crippen LogP contribution in [0.25, 0.3) is 0 Å². The van der Waals surface area contributed by atoms with Crippen LogP contribution < -0.4 is 0 Å². The van der Waals surface area contributed by atoms with E-state index in [-0.39, 0.29) is 0 Å². The Morgan fingerprint density at radius 1 is 1.00 bits per heavy atom. The zero-order valence-electron chi connectivity index (χ0n) is 10.0. The molecule has 19 heavy (non-hydrogen) atoms. The molecular weight excluding hydrogens is 455 g/mol.